The van der Waals surface area contributed by atoms with Crippen LogP contribution in [0.25, 0.3) is 5.76 Å². The van der Waals surface area contributed by atoms with Crippen LogP contribution in [0.15, 0.2) is 97.1 Å². The molecule has 1 fully saturated rings. The summed E-state index contributed by atoms with van der Waals surface area (Å²) in [4.78, 5) is 27.7. The number of aliphatic hydroxyl groups excluding tert-OH is 1. The Labute approximate surface area is 197 Å². The number of Topliss-reactive ketones (excluding diaryl/α,β-unsaturated/α-hetero) is 1. The minimum Gasteiger partial charge on any atom is -0.507 e. The van der Waals surface area contributed by atoms with Gasteiger partial charge in [-0.3, -0.25) is 9.59 Å². The smallest absolute Gasteiger partial charge is 0.295 e. The highest BCUT2D eigenvalue weighted by molar-refractivity contribution is 6.46. The summed E-state index contributed by atoms with van der Waals surface area (Å²) in [6.07, 6.45) is 1.65. The first-order chi connectivity index (χ1) is 16.0. The lowest BCUT2D eigenvalue weighted by Crippen LogP contribution is -2.29. The molecule has 1 atom stereocenters. The van der Waals surface area contributed by atoms with E-state index in [1.54, 1.807) is 54.6 Å². The summed E-state index contributed by atoms with van der Waals surface area (Å²) in [5.74, 6) is -0.990. The predicted molar refractivity (Wildman–Crippen MR) is 128 cm³/mol. The average molecular weight is 460 g/mol. The lowest BCUT2D eigenvalue weighted by molar-refractivity contribution is -0.140. The standard InChI is InChI=1S/C27H22ClNO4/c1-2-16-33-22-14-10-19(11-15-22)24-23(25(30)20-8-12-21(28)13-9-20)26(31)27(32)29(24)17-18-6-4-3-5-7-18/h2-15,24,30H,1,16-17H2/b25-23+. The molecular weight excluding hydrogens is 438 g/mol. The summed E-state index contributed by atoms with van der Waals surface area (Å²) in [5, 5.41) is 11.6. The molecule has 0 radical (unpaired) electrons. The summed E-state index contributed by atoms with van der Waals surface area (Å²) in [5.41, 5.74) is 2.01. The molecule has 0 saturated carbocycles. The summed E-state index contributed by atoms with van der Waals surface area (Å²) in [6, 6.07) is 22.3. The molecule has 0 spiro atoms. The molecule has 0 aromatic heterocycles. The maximum atomic E-state index is 13.1. The number of amides is 1. The van der Waals surface area contributed by atoms with Crippen LogP contribution >= 0.6 is 11.6 Å². The Morgan fingerprint density at radius 3 is 2.30 bits per heavy atom. The molecule has 1 saturated heterocycles. The fraction of sp³-hybridized carbons (Fsp3) is 0.111. The van der Waals surface area contributed by atoms with E-state index in [4.69, 9.17) is 16.3 Å². The number of benzene rings is 3. The molecule has 1 aliphatic heterocycles. The van der Waals surface area contributed by atoms with Gasteiger partial charge >= 0.3 is 0 Å². The SMILES string of the molecule is C=CCOc1ccc(C2/C(=C(\O)c3ccc(Cl)cc3)C(=O)C(=O)N2Cc2ccccc2)cc1. The van der Waals surface area contributed by atoms with Gasteiger partial charge in [0.2, 0.25) is 0 Å². The molecule has 3 aromatic rings. The Bertz CT molecular complexity index is 1200. The zero-order valence-electron chi connectivity index (χ0n) is 17.8. The molecule has 1 aliphatic rings. The van der Waals surface area contributed by atoms with E-state index in [0.29, 0.717) is 28.5 Å². The number of aliphatic hydroxyl groups is 1. The second kappa shape index (κ2) is 9.76. The van der Waals surface area contributed by atoms with Gasteiger partial charge in [0, 0.05) is 17.1 Å². The van der Waals surface area contributed by atoms with Crippen LogP contribution in [-0.4, -0.2) is 28.3 Å². The lowest BCUT2D eigenvalue weighted by atomic mass is 9.95. The topological polar surface area (TPSA) is 66.8 Å². The molecule has 0 bridgehead atoms. The average Bonchev–Trinajstić information content (AvgIpc) is 3.08. The van der Waals surface area contributed by atoms with Crippen molar-refractivity contribution in [3.05, 3.63) is 119 Å². The van der Waals surface area contributed by atoms with Crippen molar-refractivity contribution in [2.75, 3.05) is 6.61 Å². The lowest BCUT2D eigenvalue weighted by Gasteiger charge is -2.25. The zero-order valence-corrected chi connectivity index (χ0v) is 18.5. The second-order valence-electron chi connectivity index (χ2n) is 7.59. The van der Waals surface area contributed by atoms with E-state index in [1.165, 1.54) is 4.90 Å². The molecule has 1 N–H and O–H groups in total. The van der Waals surface area contributed by atoms with Crippen LogP contribution in [0.2, 0.25) is 5.02 Å². The van der Waals surface area contributed by atoms with E-state index in [-0.39, 0.29) is 17.9 Å². The number of carbonyl (C=O) groups excluding carboxylic acids is 2. The van der Waals surface area contributed by atoms with Crippen molar-refractivity contribution in [2.45, 2.75) is 12.6 Å². The van der Waals surface area contributed by atoms with Gasteiger partial charge in [0.15, 0.2) is 0 Å². The number of likely N-dealkylation sites (tertiary alicyclic amines) is 1. The van der Waals surface area contributed by atoms with Gasteiger partial charge in [-0.2, -0.15) is 0 Å². The van der Waals surface area contributed by atoms with Gasteiger partial charge in [-0.05, 0) is 47.5 Å². The van der Waals surface area contributed by atoms with Gasteiger partial charge in [-0.1, -0.05) is 66.7 Å². The van der Waals surface area contributed by atoms with Gasteiger partial charge in [0.1, 0.15) is 18.1 Å². The largest absolute Gasteiger partial charge is 0.507 e. The zero-order chi connectivity index (χ0) is 23.4. The highest BCUT2D eigenvalue weighted by Crippen LogP contribution is 2.40. The van der Waals surface area contributed by atoms with Crippen LogP contribution in [0.4, 0.5) is 0 Å². The Balaban J connectivity index is 1.80. The van der Waals surface area contributed by atoms with Crippen molar-refractivity contribution in [3.63, 3.8) is 0 Å². The maximum absolute atomic E-state index is 13.1. The number of hydrogen-bond acceptors (Lipinski definition) is 4. The summed E-state index contributed by atoms with van der Waals surface area (Å²) < 4.78 is 5.55. The molecule has 33 heavy (non-hydrogen) atoms. The highest BCUT2D eigenvalue weighted by atomic mass is 35.5. The van der Waals surface area contributed by atoms with Crippen molar-refractivity contribution in [2.24, 2.45) is 0 Å². The van der Waals surface area contributed by atoms with E-state index in [0.717, 1.165) is 5.56 Å². The van der Waals surface area contributed by atoms with Crippen molar-refractivity contribution < 1.29 is 19.4 Å². The highest BCUT2D eigenvalue weighted by Gasteiger charge is 2.46. The third-order valence-corrected chi connectivity index (χ3v) is 5.67. The second-order valence-corrected chi connectivity index (χ2v) is 8.02. The number of halogens is 1. The number of hydrogen-bond donors (Lipinski definition) is 1. The number of carbonyl (C=O) groups is 2. The molecule has 166 valence electrons. The maximum Gasteiger partial charge on any atom is 0.295 e. The first-order valence-electron chi connectivity index (χ1n) is 10.4. The number of ketones is 1. The van der Waals surface area contributed by atoms with Crippen molar-refractivity contribution in [1.29, 1.82) is 0 Å². The summed E-state index contributed by atoms with van der Waals surface area (Å²) >= 11 is 5.97. The fourth-order valence-electron chi connectivity index (χ4n) is 3.83. The van der Waals surface area contributed by atoms with Crippen molar-refractivity contribution in [3.8, 4) is 5.75 Å². The molecule has 1 amide bonds. The molecule has 4 rings (SSSR count). The Kier molecular flexibility index (Phi) is 6.61. The van der Waals surface area contributed by atoms with Crippen molar-refractivity contribution in [1.82, 2.24) is 4.90 Å². The van der Waals surface area contributed by atoms with Crippen LogP contribution in [0.1, 0.15) is 22.7 Å². The van der Waals surface area contributed by atoms with Gasteiger partial charge < -0.3 is 14.7 Å². The summed E-state index contributed by atoms with van der Waals surface area (Å²) in [6.45, 7) is 4.23. The number of ether oxygens (including phenoxy) is 1. The third-order valence-electron chi connectivity index (χ3n) is 5.42. The minimum absolute atomic E-state index is 0.0398. The number of rotatable bonds is 7. The summed E-state index contributed by atoms with van der Waals surface area (Å²) in [7, 11) is 0. The van der Waals surface area contributed by atoms with Crippen LogP contribution < -0.4 is 4.74 Å². The predicted octanol–water partition coefficient (Wildman–Crippen LogP) is 5.53. The fourth-order valence-corrected chi connectivity index (χ4v) is 3.96. The van der Waals surface area contributed by atoms with Crippen LogP contribution in [0.3, 0.4) is 0 Å². The molecule has 0 aliphatic carbocycles. The van der Waals surface area contributed by atoms with E-state index in [1.807, 2.05) is 30.3 Å². The normalized spacial score (nSPS) is 17.2. The number of nitrogens with zero attached hydrogens (tertiary/aromatic N) is 1. The van der Waals surface area contributed by atoms with Gasteiger partial charge in [-0.25, -0.2) is 0 Å². The van der Waals surface area contributed by atoms with Gasteiger partial charge in [0.05, 0.1) is 11.6 Å². The minimum atomic E-state index is -0.755. The third kappa shape index (κ3) is 4.69. The Morgan fingerprint density at radius 1 is 1.00 bits per heavy atom. The van der Waals surface area contributed by atoms with E-state index >= 15 is 0 Å². The first-order valence-corrected chi connectivity index (χ1v) is 10.8. The Morgan fingerprint density at radius 2 is 1.67 bits per heavy atom. The Hall–Kier alpha value is -3.83. The van der Waals surface area contributed by atoms with Gasteiger partial charge in [-0.15, -0.1) is 0 Å². The van der Waals surface area contributed by atoms with E-state index in [2.05, 4.69) is 6.58 Å². The van der Waals surface area contributed by atoms with E-state index < -0.39 is 17.7 Å². The first kappa shape index (κ1) is 22.4. The molecule has 6 heteroatoms. The molecule has 3 aromatic carbocycles. The van der Waals surface area contributed by atoms with Gasteiger partial charge in [0.25, 0.3) is 11.7 Å². The van der Waals surface area contributed by atoms with E-state index in [9.17, 15) is 14.7 Å². The van der Waals surface area contributed by atoms with Crippen LogP contribution in [0.5, 0.6) is 5.75 Å². The monoisotopic (exact) mass is 459 g/mol. The van der Waals surface area contributed by atoms with Crippen molar-refractivity contribution >= 4 is 29.1 Å². The van der Waals surface area contributed by atoms with Crippen LogP contribution in [-0.2, 0) is 16.1 Å². The molecular formula is C27H22ClNO4. The van der Waals surface area contributed by atoms with Crippen LogP contribution in [0, 0.1) is 0 Å². The quantitative estimate of drug-likeness (QED) is 0.218. The molecule has 5 nitrogen and oxygen atoms in total. The molecule has 1 heterocycles. The molecule has 1 unspecified atom stereocenters.